The van der Waals surface area contributed by atoms with E-state index in [-0.39, 0.29) is 5.69 Å². The second-order valence-corrected chi connectivity index (χ2v) is 8.09. The summed E-state index contributed by atoms with van der Waals surface area (Å²) in [7, 11) is 1.97. The number of aromatic nitrogens is 2. The summed E-state index contributed by atoms with van der Waals surface area (Å²) in [5.74, 6) is 0. The first-order chi connectivity index (χ1) is 16.9. The van der Waals surface area contributed by atoms with Crippen LogP contribution in [0.5, 0.6) is 0 Å². The van der Waals surface area contributed by atoms with Crippen molar-refractivity contribution >= 4 is 0 Å². The standard InChI is InChI=1S/C28H27N2/c1-18-15-25-24(22-13-11-19(2)29-27(22)28(25,3)4)16-23(18)26-14-12-21(17-30(26)5)20-9-7-6-8-10-20/h6-17H,1-5H3/q+1/i3D3,4D3. The smallest absolute Gasteiger partial charge is 0.212 e. The quantitative estimate of drug-likeness (QED) is 0.370. The van der Waals surface area contributed by atoms with E-state index < -0.39 is 19.1 Å². The van der Waals surface area contributed by atoms with E-state index in [1.165, 1.54) is 0 Å². The fourth-order valence-corrected chi connectivity index (χ4v) is 4.39. The van der Waals surface area contributed by atoms with Crippen molar-refractivity contribution in [3.63, 3.8) is 0 Å². The molecule has 0 N–H and O–H groups in total. The minimum atomic E-state index is -2.82. The predicted octanol–water partition coefficient (Wildman–Crippen LogP) is 6.16. The highest BCUT2D eigenvalue weighted by Gasteiger charge is 2.38. The average molecular weight is 398 g/mol. The van der Waals surface area contributed by atoms with Crippen LogP contribution in [0.25, 0.3) is 33.5 Å². The van der Waals surface area contributed by atoms with Crippen molar-refractivity contribution in [1.29, 1.82) is 0 Å². The molecule has 0 saturated carbocycles. The van der Waals surface area contributed by atoms with E-state index >= 15 is 0 Å². The Morgan fingerprint density at radius 3 is 2.37 bits per heavy atom. The summed E-state index contributed by atoms with van der Waals surface area (Å²) in [5.41, 5.74) is 4.81. The van der Waals surface area contributed by atoms with Gasteiger partial charge in [-0.15, -0.1) is 0 Å². The average Bonchev–Trinajstić information content (AvgIpc) is 3.08. The molecule has 0 atom stereocenters. The SMILES string of the molecule is [2H]C([2H])([2H])C1(C([2H])([2H])[2H])c2cc(C)c(-c3ccc(-c4ccccc4)c[n+]3C)cc2-c2ccc(C)nc21. The molecule has 148 valence electrons. The Kier molecular flexibility index (Phi) is 2.90. The van der Waals surface area contributed by atoms with Crippen molar-refractivity contribution < 1.29 is 12.8 Å². The fourth-order valence-electron chi connectivity index (χ4n) is 4.39. The highest BCUT2D eigenvalue weighted by Crippen LogP contribution is 2.49. The van der Waals surface area contributed by atoms with E-state index in [9.17, 15) is 0 Å². The van der Waals surface area contributed by atoms with Gasteiger partial charge in [0.05, 0.1) is 5.69 Å². The van der Waals surface area contributed by atoms with Gasteiger partial charge in [0, 0.05) is 42.1 Å². The normalized spacial score (nSPS) is 17.6. The van der Waals surface area contributed by atoms with Crippen LogP contribution < -0.4 is 4.57 Å². The van der Waals surface area contributed by atoms with Gasteiger partial charge in [-0.3, -0.25) is 4.98 Å². The highest BCUT2D eigenvalue weighted by atomic mass is 14.9. The van der Waals surface area contributed by atoms with Crippen LogP contribution in [0.4, 0.5) is 0 Å². The molecule has 0 radical (unpaired) electrons. The van der Waals surface area contributed by atoms with Crippen molar-refractivity contribution in [1.82, 2.24) is 4.98 Å². The first-order valence-electron chi connectivity index (χ1n) is 13.1. The Bertz CT molecular complexity index is 1470. The molecule has 0 amide bonds. The van der Waals surface area contributed by atoms with E-state index in [2.05, 4.69) is 29.4 Å². The summed E-state index contributed by atoms with van der Waals surface area (Å²) in [6, 6.07) is 21.5. The molecule has 0 fully saturated rings. The minimum Gasteiger partial charge on any atom is -0.257 e. The largest absolute Gasteiger partial charge is 0.257 e. The van der Waals surface area contributed by atoms with Crippen LogP contribution in [0.15, 0.2) is 72.9 Å². The maximum Gasteiger partial charge on any atom is 0.212 e. The number of rotatable bonds is 2. The number of benzene rings is 2. The van der Waals surface area contributed by atoms with Gasteiger partial charge in [0.2, 0.25) is 5.69 Å². The Labute approximate surface area is 187 Å². The zero-order chi connectivity index (χ0) is 26.0. The number of aryl methyl sites for hydroxylation is 3. The van der Waals surface area contributed by atoms with Gasteiger partial charge in [-0.05, 0) is 54.3 Å². The van der Waals surface area contributed by atoms with Crippen molar-refractivity contribution in [2.45, 2.75) is 33.0 Å². The summed E-state index contributed by atoms with van der Waals surface area (Å²) in [6.07, 6.45) is 2.06. The lowest BCUT2D eigenvalue weighted by Gasteiger charge is -2.21. The van der Waals surface area contributed by atoms with Crippen molar-refractivity contribution in [3.05, 3.63) is 95.4 Å². The van der Waals surface area contributed by atoms with Gasteiger partial charge in [0.25, 0.3) is 0 Å². The van der Waals surface area contributed by atoms with Crippen LogP contribution in [0.1, 0.15) is 44.4 Å². The van der Waals surface area contributed by atoms with E-state index in [1.807, 2.05) is 48.9 Å². The summed E-state index contributed by atoms with van der Waals surface area (Å²) < 4.78 is 52.6. The lowest BCUT2D eigenvalue weighted by molar-refractivity contribution is -0.659. The Morgan fingerprint density at radius 1 is 0.833 bits per heavy atom. The lowest BCUT2D eigenvalue weighted by Crippen LogP contribution is -2.31. The molecule has 2 heteroatoms. The van der Waals surface area contributed by atoms with Gasteiger partial charge in [-0.1, -0.05) is 56.2 Å². The van der Waals surface area contributed by atoms with Crippen LogP contribution in [0.3, 0.4) is 0 Å². The predicted molar refractivity (Wildman–Crippen MR) is 123 cm³/mol. The molecule has 2 nitrogen and oxygen atoms in total. The van der Waals surface area contributed by atoms with Gasteiger partial charge in [-0.25, -0.2) is 4.57 Å². The maximum atomic E-state index is 8.42. The molecule has 0 bridgehead atoms. The van der Waals surface area contributed by atoms with Gasteiger partial charge in [-0.2, -0.15) is 0 Å². The molecule has 4 aromatic rings. The molecular weight excluding hydrogens is 364 g/mol. The van der Waals surface area contributed by atoms with Crippen LogP contribution >= 0.6 is 0 Å². The molecular formula is C28H27N2+. The van der Waals surface area contributed by atoms with Crippen molar-refractivity contribution in [2.24, 2.45) is 7.05 Å². The van der Waals surface area contributed by atoms with E-state index in [0.717, 1.165) is 27.9 Å². The van der Waals surface area contributed by atoms with E-state index in [4.69, 9.17) is 8.22 Å². The molecule has 0 unspecified atom stereocenters. The van der Waals surface area contributed by atoms with Gasteiger partial charge in [0.1, 0.15) is 7.05 Å². The van der Waals surface area contributed by atoms with Crippen LogP contribution in [-0.2, 0) is 12.5 Å². The third-order valence-corrected chi connectivity index (χ3v) is 5.96. The topological polar surface area (TPSA) is 16.8 Å². The van der Waals surface area contributed by atoms with Crippen LogP contribution in [0.2, 0.25) is 0 Å². The lowest BCUT2D eigenvalue weighted by atomic mass is 9.83. The molecule has 2 aromatic carbocycles. The van der Waals surface area contributed by atoms with Gasteiger partial charge in [0.15, 0.2) is 6.20 Å². The number of hydrogen-bond acceptors (Lipinski definition) is 1. The monoisotopic (exact) mass is 397 g/mol. The number of fused-ring (bicyclic) bond motifs is 3. The molecule has 2 aromatic heterocycles. The second-order valence-electron chi connectivity index (χ2n) is 8.09. The Balaban J connectivity index is 1.77. The zero-order valence-corrected chi connectivity index (χ0v) is 17.3. The third-order valence-electron chi connectivity index (χ3n) is 5.96. The van der Waals surface area contributed by atoms with E-state index in [0.29, 0.717) is 22.4 Å². The summed E-state index contributed by atoms with van der Waals surface area (Å²) >= 11 is 0. The summed E-state index contributed by atoms with van der Waals surface area (Å²) in [6.45, 7) is -2.01. The molecule has 0 aliphatic heterocycles. The van der Waals surface area contributed by atoms with Crippen molar-refractivity contribution in [2.75, 3.05) is 0 Å². The summed E-state index contributed by atoms with van der Waals surface area (Å²) in [4.78, 5) is 4.52. The Morgan fingerprint density at radius 2 is 1.63 bits per heavy atom. The second kappa shape index (κ2) is 6.63. The fraction of sp³-hybridized carbons (Fsp3) is 0.214. The highest BCUT2D eigenvalue weighted by molar-refractivity contribution is 5.84. The summed E-state index contributed by atoms with van der Waals surface area (Å²) in [5, 5.41) is 0. The zero-order valence-electron chi connectivity index (χ0n) is 23.3. The first kappa shape index (κ1) is 13.1. The first-order valence-corrected chi connectivity index (χ1v) is 10.1. The van der Waals surface area contributed by atoms with Crippen molar-refractivity contribution in [3.8, 4) is 33.5 Å². The van der Waals surface area contributed by atoms with Gasteiger partial charge < -0.3 is 0 Å². The molecule has 1 aliphatic carbocycles. The minimum absolute atomic E-state index is 0.109. The molecule has 0 saturated heterocycles. The molecule has 1 aliphatic rings. The molecule has 30 heavy (non-hydrogen) atoms. The molecule has 0 spiro atoms. The Hall–Kier alpha value is -3.26. The van der Waals surface area contributed by atoms with Crippen LogP contribution in [0, 0.1) is 13.8 Å². The van der Waals surface area contributed by atoms with E-state index in [1.54, 1.807) is 25.1 Å². The molecule has 5 rings (SSSR count). The number of nitrogens with zero attached hydrogens (tertiary/aromatic N) is 2. The van der Waals surface area contributed by atoms with Gasteiger partial charge >= 0.3 is 0 Å². The number of pyridine rings is 2. The van der Waals surface area contributed by atoms with Crippen LogP contribution in [-0.4, -0.2) is 4.98 Å². The number of hydrogen-bond donors (Lipinski definition) is 0. The molecule has 2 heterocycles. The third kappa shape index (κ3) is 2.79. The maximum absolute atomic E-state index is 8.42.